The first-order valence-electron chi connectivity index (χ1n) is 11.0. The molecule has 0 aliphatic heterocycles. The van der Waals surface area contributed by atoms with Crippen LogP contribution in [0.2, 0.25) is 0 Å². The van der Waals surface area contributed by atoms with Gasteiger partial charge in [0.25, 0.3) is 0 Å². The fourth-order valence-corrected chi connectivity index (χ4v) is 7.26. The molecule has 1 heterocycles. The van der Waals surface area contributed by atoms with E-state index in [0.717, 1.165) is 35.2 Å². The van der Waals surface area contributed by atoms with Crippen molar-refractivity contribution in [1.29, 1.82) is 0 Å². The van der Waals surface area contributed by atoms with E-state index in [0.29, 0.717) is 22.6 Å². The zero-order valence-electron chi connectivity index (χ0n) is 17.8. The van der Waals surface area contributed by atoms with Gasteiger partial charge >= 0.3 is 0 Å². The number of benzene rings is 1. The molecule has 0 saturated heterocycles. The highest BCUT2D eigenvalue weighted by Crippen LogP contribution is 2.60. The third kappa shape index (κ3) is 3.84. The minimum atomic E-state index is -0.0739. The van der Waals surface area contributed by atoms with E-state index in [1.165, 1.54) is 50.3 Å². The molecule has 0 radical (unpaired) electrons. The lowest BCUT2D eigenvalue weighted by molar-refractivity contribution is -0.113. The molecule has 30 heavy (non-hydrogen) atoms. The molecule has 1 aromatic carbocycles. The Morgan fingerprint density at radius 3 is 2.50 bits per heavy atom. The van der Waals surface area contributed by atoms with Crippen LogP contribution in [-0.4, -0.2) is 33.5 Å². The second kappa shape index (κ2) is 7.91. The summed E-state index contributed by atoms with van der Waals surface area (Å²) in [6.07, 6.45) is 9.52. The number of carbonyl (C=O) groups is 1. The lowest BCUT2D eigenvalue weighted by Crippen LogP contribution is -2.47. The van der Waals surface area contributed by atoms with Crippen LogP contribution in [0.25, 0.3) is 0 Å². The first-order valence-corrected chi connectivity index (χ1v) is 12.0. The summed E-state index contributed by atoms with van der Waals surface area (Å²) in [5.74, 6) is 4.78. The maximum atomic E-state index is 12.4. The fraction of sp³-hybridized carbons (Fsp3) is 0.609. The van der Waals surface area contributed by atoms with Crippen molar-refractivity contribution < 1.29 is 9.53 Å². The van der Waals surface area contributed by atoms with Crippen LogP contribution in [0, 0.1) is 23.2 Å². The SMILES string of the molecule is COc1ccccc1NC(=O)CSc1nnc(CC23CC4CC(CC(C4)C2)C3)n1C. The zero-order chi connectivity index (χ0) is 20.7. The number of rotatable bonds is 7. The Bertz CT molecular complexity index is 906. The largest absolute Gasteiger partial charge is 0.495 e. The minimum Gasteiger partial charge on any atom is -0.495 e. The quantitative estimate of drug-likeness (QED) is 0.668. The molecule has 2 aromatic rings. The maximum Gasteiger partial charge on any atom is 0.234 e. The highest BCUT2D eigenvalue weighted by molar-refractivity contribution is 7.99. The lowest BCUT2D eigenvalue weighted by Gasteiger charge is -2.56. The number of nitrogens with zero attached hydrogens (tertiary/aromatic N) is 3. The van der Waals surface area contributed by atoms with Crippen molar-refractivity contribution in [3.05, 3.63) is 30.1 Å². The van der Waals surface area contributed by atoms with Gasteiger partial charge in [-0.15, -0.1) is 10.2 Å². The van der Waals surface area contributed by atoms with Crippen LogP contribution < -0.4 is 10.1 Å². The van der Waals surface area contributed by atoms with Crippen molar-refractivity contribution in [2.75, 3.05) is 18.2 Å². The topological polar surface area (TPSA) is 69.0 Å². The lowest BCUT2D eigenvalue weighted by atomic mass is 9.49. The second-order valence-electron chi connectivity index (χ2n) is 9.59. The number of nitrogens with one attached hydrogen (secondary N) is 1. The number of methoxy groups -OCH3 is 1. The Labute approximate surface area is 182 Å². The predicted molar refractivity (Wildman–Crippen MR) is 118 cm³/mol. The molecule has 0 atom stereocenters. The maximum absolute atomic E-state index is 12.4. The van der Waals surface area contributed by atoms with E-state index in [1.807, 2.05) is 31.3 Å². The molecule has 6 rings (SSSR count). The molecule has 6 nitrogen and oxygen atoms in total. The highest BCUT2D eigenvalue weighted by Gasteiger charge is 2.51. The summed E-state index contributed by atoms with van der Waals surface area (Å²) in [5.41, 5.74) is 1.13. The van der Waals surface area contributed by atoms with Gasteiger partial charge in [0, 0.05) is 13.5 Å². The summed E-state index contributed by atoms with van der Waals surface area (Å²) in [7, 11) is 3.64. The number of ether oxygens (including phenoxy) is 1. The average Bonchev–Trinajstić information content (AvgIpc) is 3.04. The molecule has 4 bridgehead atoms. The molecule has 1 amide bonds. The van der Waals surface area contributed by atoms with Crippen molar-refractivity contribution in [3.8, 4) is 5.75 Å². The normalized spacial score (nSPS) is 29.2. The van der Waals surface area contributed by atoms with Gasteiger partial charge < -0.3 is 14.6 Å². The molecular formula is C23H30N4O2S. The van der Waals surface area contributed by atoms with E-state index in [2.05, 4.69) is 20.1 Å². The van der Waals surface area contributed by atoms with Crippen LogP contribution in [0.3, 0.4) is 0 Å². The summed E-state index contributed by atoms with van der Waals surface area (Å²) < 4.78 is 7.40. The van der Waals surface area contributed by atoms with Crippen molar-refractivity contribution in [2.24, 2.45) is 30.2 Å². The van der Waals surface area contributed by atoms with E-state index in [-0.39, 0.29) is 5.91 Å². The van der Waals surface area contributed by atoms with Crippen LogP contribution in [0.5, 0.6) is 5.75 Å². The zero-order valence-corrected chi connectivity index (χ0v) is 18.6. The Morgan fingerprint density at radius 2 is 1.83 bits per heavy atom. The number of hydrogen-bond acceptors (Lipinski definition) is 5. The van der Waals surface area contributed by atoms with Gasteiger partial charge in [-0.05, 0) is 73.8 Å². The molecule has 160 valence electrons. The van der Waals surface area contributed by atoms with Crippen LogP contribution in [0.15, 0.2) is 29.4 Å². The molecule has 4 saturated carbocycles. The van der Waals surface area contributed by atoms with Gasteiger partial charge in [0.2, 0.25) is 5.91 Å². The first kappa shape index (κ1) is 19.9. The number of amides is 1. The van der Waals surface area contributed by atoms with Crippen molar-refractivity contribution in [3.63, 3.8) is 0 Å². The molecular weight excluding hydrogens is 396 g/mol. The molecule has 1 aromatic heterocycles. The van der Waals surface area contributed by atoms with Crippen LogP contribution in [0.4, 0.5) is 5.69 Å². The molecule has 7 heteroatoms. The monoisotopic (exact) mass is 426 g/mol. The van der Waals surface area contributed by atoms with Gasteiger partial charge in [-0.3, -0.25) is 4.79 Å². The van der Waals surface area contributed by atoms with Gasteiger partial charge in [-0.25, -0.2) is 0 Å². The number of para-hydroxylation sites is 2. The molecule has 0 spiro atoms. The van der Waals surface area contributed by atoms with Gasteiger partial charge in [0.15, 0.2) is 5.16 Å². The van der Waals surface area contributed by atoms with Crippen molar-refractivity contribution in [2.45, 2.75) is 50.1 Å². The predicted octanol–water partition coefficient (Wildman–Crippen LogP) is 4.31. The molecule has 4 fully saturated rings. The number of hydrogen-bond donors (Lipinski definition) is 1. The number of aromatic nitrogens is 3. The van der Waals surface area contributed by atoms with Gasteiger partial charge in [-0.2, -0.15) is 0 Å². The Kier molecular flexibility index (Phi) is 5.25. The number of carbonyl (C=O) groups excluding carboxylic acids is 1. The Balaban J connectivity index is 1.21. The molecule has 4 aliphatic carbocycles. The van der Waals surface area contributed by atoms with Crippen LogP contribution in [0.1, 0.15) is 44.3 Å². The molecule has 4 aliphatic rings. The van der Waals surface area contributed by atoms with Crippen LogP contribution in [-0.2, 0) is 18.3 Å². The van der Waals surface area contributed by atoms with E-state index in [1.54, 1.807) is 7.11 Å². The standard InChI is InChI=1S/C23H30N4O2S/c1-27-20(13-23-10-15-7-16(11-23)9-17(8-15)12-23)25-26-22(27)30-14-21(28)24-18-5-3-4-6-19(18)29-2/h3-6,15-17H,7-14H2,1-2H3,(H,24,28). The van der Waals surface area contributed by atoms with E-state index in [9.17, 15) is 4.79 Å². The molecule has 1 N–H and O–H groups in total. The van der Waals surface area contributed by atoms with Crippen molar-refractivity contribution >= 4 is 23.4 Å². The smallest absolute Gasteiger partial charge is 0.234 e. The van der Waals surface area contributed by atoms with Crippen LogP contribution >= 0.6 is 11.8 Å². The number of anilines is 1. The summed E-state index contributed by atoms with van der Waals surface area (Å²) >= 11 is 1.44. The minimum absolute atomic E-state index is 0.0739. The van der Waals surface area contributed by atoms with Gasteiger partial charge in [0.1, 0.15) is 11.6 Å². The van der Waals surface area contributed by atoms with E-state index in [4.69, 9.17) is 4.74 Å². The number of thioether (sulfide) groups is 1. The Morgan fingerprint density at radius 1 is 1.17 bits per heavy atom. The summed E-state index contributed by atoms with van der Waals surface area (Å²) in [4.78, 5) is 12.4. The van der Waals surface area contributed by atoms with E-state index < -0.39 is 0 Å². The highest BCUT2D eigenvalue weighted by atomic mass is 32.2. The summed E-state index contributed by atoms with van der Waals surface area (Å²) in [6, 6.07) is 7.44. The van der Waals surface area contributed by atoms with Crippen molar-refractivity contribution in [1.82, 2.24) is 14.8 Å². The summed E-state index contributed by atoms with van der Waals surface area (Å²) in [6.45, 7) is 0. The summed E-state index contributed by atoms with van der Waals surface area (Å²) in [5, 5.41) is 12.6. The van der Waals surface area contributed by atoms with Gasteiger partial charge in [0.05, 0.1) is 18.6 Å². The molecule has 0 unspecified atom stereocenters. The third-order valence-electron chi connectivity index (χ3n) is 7.34. The fourth-order valence-electron chi connectivity index (χ4n) is 6.53. The third-order valence-corrected chi connectivity index (χ3v) is 8.36. The second-order valence-corrected chi connectivity index (χ2v) is 10.5. The van der Waals surface area contributed by atoms with Gasteiger partial charge in [-0.1, -0.05) is 23.9 Å². The first-order chi connectivity index (χ1) is 14.5. The average molecular weight is 427 g/mol. The van der Waals surface area contributed by atoms with E-state index >= 15 is 0 Å². The Hall–Kier alpha value is -2.02.